The minimum absolute atomic E-state index is 0.0816. The lowest BCUT2D eigenvalue weighted by Gasteiger charge is -2.05. The van der Waals surface area contributed by atoms with Crippen LogP contribution in [0.25, 0.3) is 0 Å². The molecule has 0 aromatic heterocycles. The number of aliphatic hydroxyl groups excluding tert-OH is 1. The van der Waals surface area contributed by atoms with Crippen molar-refractivity contribution in [3.63, 3.8) is 0 Å². The highest BCUT2D eigenvalue weighted by Gasteiger charge is 2.10. The van der Waals surface area contributed by atoms with Crippen molar-refractivity contribution < 1.29 is 24.5 Å². The average molecular weight is 202 g/mol. The predicted molar refractivity (Wildman–Crippen MR) is 48.6 cm³/mol. The Balaban J connectivity index is 3.52. The van der Waals surface area contributed by atoms with E-state index in [1.54, 1.807) is 0 Å². The normalized spacial score (nSPS) is 11.9. The molecule has 0 aromatic rings. The molecule has 0 aromatic carbocycles. The number of carbonyl (C=O) groups is 2. The number of hydrogen-bond donors (Lipinski definition) is 2. The van der Waals surface area contributed by atoms with Gasteiger partial charge < -0.3 is 14.9 Å². The Kier molecular flexibility index (Phi) is 5.55. The molecule has 0 aliphatic rings. The Morgan fingerprint density at radius 1 is 1.50 bits per heavy atom. The molecule has 0 spiro atoms. The molecule has 0 radical (unpaired) electrons. The highest BCUT2D eigenvalue weighted by molar-refractivity contribution is 5.85. The van der Waals surface area contributed by atoms with Gasteiger partial charge in [0, 0.05) is 5.57 Å². The van der Waals surface area contributed by atoms with Gasteiger partial charge in [-0.05, 0) is 19.8 Å². The van der Waals surface area contributed by atoms with Crippen LogP contribution >= 0.6 is 0 Å². The summed E-state index contributed by atoms with van der Waals surface area (Å²) in [5.41, 5.74) is 0.0816. The first kappa shape index (κ1) is 12.6. The number of carboxylic acid groups (broad SMARTS) is 1. The summed E-state index contributed by atoms with van der Waals surface area (Å²) >= 11 is 0. The molecule has 1 atom stereocenters. The van der Waals surface area contributed by atoms with Crippen LogP contribution in [-0.2, 0) is 14.3 Å². The van der Waals surface area contributed by atoms with E-state index < -0.39 is 18.0 Å². The number of carboxylic acids is 1. The van der Waals surface area contributed by atoms with E-state index in [2.05, 4.69) is 11.3 Å². The third-order valence-corrected chi connectivity index (χ3v) is 1.51. The highest BCUT2D eigenvalue weighted by Crippen LogP contribution is 2.02. The van der Waals surface area contributed by atoms with Crippen molar-refractivity contribution in [2.45, 2.75) is 25.9 Å². The van der Waals surface area contributed by atoms with Crippen LogP contribution in [0.15, 0.2) is 12.2 Å². The molecule has 5 nitrogen and oxygen atoms in total. The van der Waals surface area contributed by atoms with Crippen molar-refractivity contribution in [2.75, 3.05) is 6.61 Å². The number of carbonyl (C=O) groups excluding carboxylic acids is 1. The molecule has 0 aliphatic heterocycles. The SMILES string of the molecule is C=C(CCCOC(=O)C(C)O)C(=O)O. The summed E-state index contributed by atoms with van der Waals surface area (Å²) in [6.45, 7) is 4.71. The number of aliphatic hydroxyl groups is 1. The fourth-order valence-corrected chi connectivity index (χ4v) is 0.686. The van der Waals surface area contributed by atoms with E-state index in [-0.39, 0.29) is 18.6 Å². The van der Waals surface area contributed by atoms with Crippen molar-refractivity contribution in [3.8, 4) is 0 Å². The first-order chi connectivity index (χ1) is 6.45. The van der Waals surface area contributed by atoms with Gasteiger partial charge in [0.1, 0.15) is 6.10 Å². The van der Waals surface area contributed by atoms with Crippen LogP contribution in [0.5, 0.6) is 0 Å². The number of aliphatic carboxylic acids is 1. The molecule has 0 rings (SSSR count). The third kappa shape index (κ3) is 5.31. The van der Waals surface area contributed by atoms with E-state index in [4.69, 9.17) is 10.2 Å². The Morgan fingerprint density at radius 2 is 2.07 bits per heavy atom. The van der Waals surface area contributed by atoms with Gasteiger partial charge in [-0.15, -0.1) is 0 Å². The van der Waals surface area contributed by atoms with Gasteiger partial charge in [-0.2, -0.15) is 0 Å². The van der Waals surface area contributed by atoms with Gasteiger partial charge in [0.15, 0.2) is 0 Å². The Morgan fingerprint density at radius 3 is 2.50 bits per heavy atom. The molecule has 0 fully saturated rings. The minimum Gasteiger partial charge on any atom is -0.478 e. The Labute approximate surface area is 82.0 Å². The van der Waals surface area contributed by atoms with Gasteiger partial charge in [-0.25, -0.2) is 9.59 Å². The zero-order chi connectivity index (χ0) is 11.1. The van der Waals surface area contributed by atoms with Crippen LogP contribution in [0.2, 0.25) is 0 Å². The molecule has 14 heavy (non-hydrogen) atoms. The fourth-order valence-electron chi connectivity index (χ4n) is 0.686. The predicted octanol–water partition coefficient (Wildman–Crippen LogP) is 0.331. The summed E-state index contributed by atoms with van der Waals surface area (Å²) in [7, 11) is 0. The van der Waals surface area contributed by atoms with Crippen LogP contribution in [-0.4, -0.2) is 34.9 Å². The molecule has 0 saturated carbocycles. The Hall–Kier alpha value is -1.36. The van der Waals surface area contributed by atoms with Crippen molar-refractivity contribution in [2.24, 2.45) is 0 Å². The molecule has 1 unspecified atom stereocenters. The first-order valence-corrected chi connectivity index (χ1v) is 4.21. The van der Waals surface area contributed by atoms with Gasteiger partial charge >= 0.3 is 11.9 Å². The van der Waals surface area contributed by atoms with Crippen LogP contribution in [0.4, 0.5) is 0 Å². The standard InChI is InChI=1S/C9H14O5/c1-6(8(11)12)4-3-5-14-9(13)7(2)10/h7,10H,1,3-5H2,2H3,(H,11,12). The maximum absolute atomic E-state index is 10.7. The number of hydrogen-bond acceptors (Lipinski definition) is 4. The lowest BCUT2D eigenvalue weighted by Crippen LogP contribution is -2.19. The lowest BCUT2D eigenvalue weighted by molar-refractivity contribution is -0.152. The van der Waals surface area contributed by atoms with Gasteiger partial charge in [-0.3, -0.25) is 0 Å². The van der Waals surface area contributed by atoms with E-state index in [0.717, 1.165) is 0 Å². The average Bonchev–Trinajstić information content (AvgIpc) is 2.11. The summed E-state index contributed by atoms with van der Waals surface area (Å²) < 4.78 is 4.61. The van der Waals surface area contributed by atoms with E-state index in [9.17, 15) is 9.59 Å². The molecule has 0 amide bonds. The third-order valence-electron chi connectivity index (χ3n) is 1.51. The molecule has 80 valence electrons. The second kappa shape index (κ2) is 6.15. The number of ether oxygens (including phenoxy) is 1. The molecule has 0 aliphatic carbocycles. The zero-order valence-electron chi connectivity index (χ0n) is 8.02. The summed E-state index contributed by atoms with van der Waals surface area (Å²) in [5, 5.41) is 17.2. The molecule has 0 saturated heterocycles. The van der Waals surface area contributed by atoms with E-state index in [1.807, 2.05) is 0 Å². The smallest absolute Gasteiger partial charge is 0.334 e. The molecule has 2 N–H and O–H groups in total. The quantitative estimate of drug-likeness (QED) is 0.368. The van der Waals surface area contributed by atoms with Crippen LogP contribution in [0.3, 0.4) is 0 Å². The monoisotopic (exact) mass is 202 g/mol. The first-order valence-electron chi connectivity index (χ1n) is 4.21. The molecular weight excluding hydrogens is 188 g/mol. The van der Waals surface area contributed by atoms with Gasteiger partial charge in [-0.1, -0.05) is 6.58 Å². The van der Waals surface area contributed by atoms with Crippen molar-refractivity contribution in [1.82, 2.24) is 0 Å². The van der Waals surface area contributed by atoms with Crippen molar-refractivity contribution in [3.05, 3.63) is 12.2 Å². The second-order valence-corrected chi connectivity index (χ2v) is 2.86. The summed E-state index contributed by atoms with van der Waals surface area (Å²) in [6.07, 6.45) is -0.482. The van der Waals surface area contributed by atoms with Crippen molar-refractivity contribution in [1.29, 1.82) is 0 Å². The highest BCUT2D eigenvalue weighted by atomic mass is 16.5. The number of esters is 1. The second-order valence-electron chi connectivity index (χ2n) is 2.86. The molecule has 0 heterocycles. The van der Waals surface area contributed by atoms with Gasteiger partial charge in [0.2, 0.25) is 0 Å². The lowest BCUT2D eigenvalue weighted by atomic mass is 10.2. The number of rotatable bonds is 6. The molecular formula is C9H14O5. The van der Waals surface area contributed by atoms with Crippen LogP contribution in [0.1, 0.15) is 19.8 Å². The largest absolute Gasteiger partial charge is 0.478 e. The summed E-state index contributed by atoms with van der Waals surface area (Å²) in [4.78, 5) is 21.0. The zero-order valence-corrected chi connectivity index (χ0v) is 8.02. The summed E-state index contributed by atoms with van der Waals surface area (Å²) in [6, 6.07) is 0. The molecule has 0 bridgehead atoms. The van der Waals surface area contributed by atoms with E-state index in [0.29, 0.717) is 6.42 Å². The van der Waals surface area contributed by atoms with Gasteiger partial charge in [0.25, 0.3) is 0 Å². The Bertz CT molecular complexity index is 231. The van der Waals surface area contributed by atoms with Crippen LogP contribution in [0, 0.1) is 0 Å². The van der Waals surface area contributed by atoms with Crippen molar-refractivity contribution >= 4 is 11.9 Å². The molecule has 5 heteroatoms. The minimum atomic E-state index is -1.14. The van der Waals surface area contributed by atoms with E-state index in [1.165, 1.54) is 6.92 Å². The summed E-state index contributed by atoms with van der Waals surface area (Å²) in [5.74, 6) is -1.75. The maximum Gasteiger partial charge on any atom is 0.334 e. The van der Waals surface area contributed by atoms with E-state index >= 15 is 0 Å². The fraction of sp³-hybridized carbons (Fsp3) is 0.556. The van der Waals surface area contributed by atoms with Gasteiger partial charge in [0.05, 0.1) is 6.61 Å². The maximum atomic E-state index is 10.7. The topological polar surface area (TPSA) is 83.8 Å². The van der Waals surface area contributed by atoms with Crippen LogP contribution < -0.4 is 0 Å².